The Morgan fingerprint density at radius 1 is 1.63 bits per heavy atom. The number of nitrogens with zero attached hydrogens (tertiary/aromatic N) is 3. The average Bonchev–Trinajstić information content (AvgIpc) is 2.36. The summed E-state index contributed by atoms with van der Waals surface area (Å²) >= 11 is 0. The Morgan fingerprint density at radius 3 is 2.79 bits per heavy atom. The van der Waals surface area contributed by atoms with Gasteiger partial charge in [-0.2, -0.15) is 5.26 Å². The molecule has 0 aliphatic carbocycles. The number of rotatable bonds is 6. The van der Waals surface area contributed by atoms with Gasteiger partial charge in [0.1, 0.15) is 23.9 Å². The molecule has 7 nitrogen and oxygen atoms in total. The zero-order chi connectivity index (χ0) is 14.4. The summed E-state index contributed by atoms with van der Waals surface area (Å²) in [4.78, 5) is 22.4. The maximum absolute atomic E-state index is 11.1. The van der Waals surface area contributed by atoms with Crippen molar-refractivity contribution in [3.63, 3.8) is 0 Å². The standard InChI is InChI=1S/C12H11N3O4/c1-2-6-14(8-11(16)17)10-5-3-4-9(7-13)12(10)15(18)19/h2-5H,1,6,8H2,(H,16,17). The van der Waals surface area contributed by atoms with Gasteiger partial charge in [0.2, 0.25) is 0 Å². The molecule has 0 aliphatic rings. The molecule has 0 spiro atoms. The van der Waals surface area contributed by atoms with Crippen molar-refractivity contribution in [1.82, 2.24) is 0 Å². The topological polar surface area (TPSA) is 107 Å². The Hall–Kier alpha value is -2.88. The molecular formula is C12H11N3O4. The number of nitro groups is 1. The first-order valence-corrected chi connectivity index (χ1v) is 5.26. The van der Waals surface area contributed by atoms with Crippen LogP contribution in [-0.4, -0.2) is 29.1 Å². The van der Waals surface area contributed by atoms with E-state index in [2.05, 4.69) is 6.58 Å². The molecule has 0 radical (unpaired) electrons. The first-order valence-electron chi connectivity index (χ1n) is 5.26. The molecule has 0 atom stereocenters. The van der Waals surface area contributed by atoms with Gasteiger partial charge in [-0.1, -0.05) is 12.1 Å². The number of anilines is 1. The van der Waals surface area contributed by atoms with Crippen molar-refractivity contribution in [1.29, 1.82) is 5.26 Å². The molecule has 0 amide bonds. The second-order valence-electron chi connectivity index (χ2n) is 3.61. The Labute approximate surface area is 109 Å². The SMILES string of the molecule is C=CCN(CC(=O)O)c1cccc(C#N)c1[N+](=O)[O-]. The Balaban J connectivity index is 3.37. The number of hydrogen-bond acceptors (Lipinski definition) is 5. The molecule has 0 bridgehead atoms. The van der Waals surface area contributed by atoms with Crippen LogP contribution in [-0.2, 0) is 4.79 Å². The highest BCUT2D eigenvalue weighted by atomic mass is 16.6. The lowest BCUT2D eigenvalue weighted by Gasteiger charge is -2.20. The van der Waals surface area contributed by atoms with Crippen molar-refractivity contribution in [3.05, 3.63) is 46.5 Å². The van der Waals surface area contributed by atoms with Crippen LogP contribution >= 0.6 is 0 Å². The van der Waals surface area contributed by atoms with Gasteiger partial charge < -0.3 is 10.0 Å². The van der Waals surface area contributed by atoms with Gasteiger partial charge in [0.25, 0.3) is 0 Å². The van der Waals surface area contributed by atoms with Crippen LogP contribution in [0.1, 0.15) is 5.56 Å². The highest BCUT2D eigenvalue weighted by Crippen LogP contribution is 2.31. The van der Waals surface area contributed by atoms with Gasteiger partial charge in [0, 0.05) is 6.54 Å². The van der Waals surface area contributed by atoms with Gasteiger partial charge in [0.05, 0.1) is 4.92 Å². The predicted molar refractivity (Wildman–Crippen MR) is 67.9 cm³/mol. The van der Waals surface area contributed by atoms with Gasteiger partial charge in [0.15, 0.2) is 0 Å². The van der Waals surface area contributed by atoms with Gasteiger partial charge in [-0.25, -0.2) is 0 Å². The third kappa shape index (κ3) is 3.29. The number of carbonyl (C=O) groups is 1. The summed E-state index contributed by atoms with van der Waals surface area (Å²) in [6, 6.07) is 5.92. The molecule has 1 N–H and O–H groups in total. The predicted octanol–water partition coefficient (Wildman–Crippen LogP) is 1.54. The minimum Gasteiger partial charge on any atom is -0.480 e. The minimum absolute atomic E-state index is 0.0892. The number of carboxylic acid groups (broad SMARTS) is 1. The normalized spacial score (nSPS) is 9.42. The fourth-order valence-electron chi connectivity index (χ4n) is 1.64. The van der Waals surface area contributed by atoms with Gasteiger partial charge in [-0.3, -0.25) is 14.9 Å². The number of aliphatic carboxylic acids is 1. The maximum Gasteiger partial charge on any atom is 0.323 e. The van der Waals surface area contributed by atoms with Gasteiger partial charge >= 0.3 is 11.7 Å². The van der Waals surface area contributed by atoms with Crippen molar-refractivity contribution in [2.24, 2.45) is 0 Å². The van der Waals surface area contributed by atoms with Crippen LogP contribution < -0.4 is 4.90 Å². The van der Waals surface area contributed by atoms with Crippen molar-refractivity contribution >= 4 is 17.3 Å². The second-order valence-corrected chi connectivity index (χ2v) is 3.61. The lowest BCUT2D eigenvalue weighted by molar-refractivity contribution is -0.384. The average molecular weight is 261 g/mol. The second kappa shape index (κ2) is 6.16. The zero-order valence-corrected chi connectivity index (χ0v) is 9.94. The molecule has 0 unspecified atom stereocenters. The zero-order valence-electron chi connectivity index (χ0n) is 9.94. The first-order chi connectivity index (χ1) is 9.01. The molecule has 1 aromatic carbocycles. The molecule has 0 aliphatic heterocycles. The van der Waals surface area contributed by atoms with E-state index in [1.165, 1.54) is 29.2 Å². The fraction of sp³-hybridized carbons (Fsp3) is 0.167. The third-order valence-corrected chi connectivity index (χ3v) is 2.33. The summed E-state index contributed by atoms with van der Waals surface area (Å²) in [5, 5.41) is 28.7. The van der Waals surface area contributed by atoms with Crippen LogP contribution in [0, 0.1) is 21.4 Å². The smallest absolute Gasteiger partial charge is 0.323 e. The number of para-hydroxylation sites is 1. The van der Waals surface area contributed by atoms with Crippen LogP contribution in [0.15, 0.2) is 30.9 Å². The summed E-state index contributed by atoms with van der Waals surface area (Å²) in [6.07, 6.45) is 1.44. The quantitative estimate of drug-likeness (QED) is 0.472. The molecule has 19 heavy (non-hydrogen) atoms. The van der Waals surface area contributed by atoms with E-state index in [-0.39, 0.29) is 17.8 Å². The fourth-order valence-corrected chi connectivity index (χ4v) is 1.64. The highest BCUT2D eigenvalue weighted by molar-refractivity contribution is 5.78. The largest absolute Gasteiger partial charge is 0.480 e. The number of carboxylic acids is 1. The van der Waals surface area contributed by atoms with Crippen molar-refractivity contribution in [2.45, 2.75) is 0 Å². The summed E-state index contributed by atoms with van der Waals surface area (Å²) in [5.74, 6) is -1.13. The molecule has 7 heteroatoms. The van der Waals surface area contributed by atoms with Crippen LogP contribution in [0.4, 0.5) is 11.4 Å². The Kier molecular flexibility index (Phi) is 4.60. The number of nitriles is 1. The van der Waals surface area contributed by atoms with E-state index < -0.39 is 23.1 Å². The van der Waals surface area contributed by atoms with Crippen LogP contribution in [0.2, 0.25) is 0 Å². The lowest BCUT2D eigenvalue weighted by Crippen LogP contribution is -2.30. The number of nitro benzene ring substituents is 1. The molecule has 0 fully saturated rings. The molecule has 1 aromatic rings. The first kappa shape index (κ1) is 14.2. The molecule has 0 saturated heterocycles. The summed E-state index contributed by atoms with van der Waals surface area (Å²) in [6.45, 7) is 3.19. The van der Waals surface area contributed by atoms with Crippen molar-refractivity contribution in [3.8, 4) is 6.07 Å². The van der Waals surface area contributed by atoms with E-state index in [0.717, 1.165) is 0 Å². The highest BCUT2D eigenvalue weighted by Gasteiger charge is 2.24. The lowest BCUT2D eigenvalue weighted by atomic mass is 10.1. The van der Waals surface area contributed by atoms with E-state index in [4.69, 9.17) is 10.4 Å². The van der Waals surface area contributed by atoms with Crippen molar-refractivity contribution < 1.29 is 14.8 Å². The van der Waals surface area contributed by atoms with Crippen molar-refractivity contribution in [2.75, 3.05) is 18.0 Å². The molecule has 98 valence electrons. The maximum atomic E-state index is 11.1. The minimum atomic E-state index is -1.13. The summed E-state index contributed by atoms with van der Waals surface area (Å²) < 4.78 is 0. The molecule has 0 heterocycles. The monoisotopic (exact) mass is 261 g/mol. The van der Waals surface area contributed by atoms with E-state index in [1.807, 2.05) is 0 Å². The van der Waals surface area contributed by atoms with E-state index in [0.29, 0.717) is 0 Å². The molecular weight excluding hydrogens is 250 g/mol. The van der Waals surface area contributed by atoms with Gasteiger partial charge in [-0.05, 0) is 12.1 Å². The number of hydrogen-bond donors (Lipinski definition) is 1. The summed E-state index contributed by atoms with van der Waals surface area (Å²) in [5.41, 5.74) is -0.415. The van der Waals surface area contributed by atoms with E-state index >= 15 is 0 Å². The van der Waals surface area contributed by atoms with Gasteiger partial charge in [-0.15, -0.1) is 6.58 Å². The Morgan fingerprint density at radius 2 is 2.32 bits per heavy atom. The number of benzene rings is 1. The van der Waals surface area contributed by atoms with E-state index in [9.17, 15) is 14.9 Å². The van der Waals surface area contributed by atoms with Crippen LogP contribution in [0.5, 0.6) is 0 Å². The molecule has 0 saturated carbocycles. The van der Waals surface area contributed by atoms with Crippen LogP contribution in [0.25, 0.3) is 0 Å². The Bertz CT molecular complexity index is 563. The third-order valence-electron chi connectivity index (χ3n) is 2.33. The molecule has 1 rings (SSSR count). The molecule has 0 aromatic heterocycles. The van der Waals surface area contributed by atoms with E-state index in [1.54, 1.807) is 6.07 Å². The summed E-state index contributed by atoms with van der Waals surface area (Å²) in [7, 11) is 0. The van der Waals surface area contributed by atoms with Crippen LogP contribution in [0.3, 0.4) is 0 Å².